The molecule has 0 saturated carbocycles. The van der Waals surface area contributed by atoms with E-state index in [-0.39, 0.29) is 24.8 Å². The first-order valence-electron chi connectivity index (χ1n) is 4.89. The number of allylic oxidation sites excluding steroid dienone is 2. The molecule has 0 radical (unpaired) electrons. The van der Waals surface area contributed by atoms with Crippen molar-refractivity contribution >= 4 is 8.80 Å². The van der Waals surface area contributed by atoms with Crippen LogP contribution in [0.25, 0.3) is 0 Å². The number of hydrogen-bond donors (Lipinski definition) is 0. The topological polar surface area (TPSA) is 9.23 Å². The minimum absolute atomic E-state index is 0. The van der Waals surface area contributed by atoms with Crippen LogP contribution in [0.1, 0.15) is 13.3 Å². The molecule has 5 heteroatoms. The number of ether oxygens (including phenoxy) is 1. The van der Waals surface area contributed by atoms with Crippen molar-refractivity contribution in [2.45, 2.75) is 32.2 Å². The fraction of sp³-hybridized carbons (Fsp3) is 0.600. The van der Waals surface area contributed by atoms with Gasteiger partial charge in [-0.2, -0.15) is 0 Å². The van der Waals surface area contributed by atoms with E-state index in [4.69, 9.17) is 4.74 Å². The Bertz CT molecular complexity index is 242. The summed E-state index contributed by atoms with van der Waals surface area (Å²) in [6.07, 6.45) is 5.62. The molecule has 1 unspecified atom stereocenters. The first-order valence-corrected chi connectivity index (χ1v) is 8.65. The summed E-state index contributed by atoms with van der Waals surface area (Å²) in [5.74, 6) is 0. The first kappa shape index (κ1) is 18.3. The molecule has 0 bridgehead atoms. The van der Waals surface area contributed by atoms with Gasteiger partial charge in [-0.15, -0.1) is 0 Å². The second kappa shape index (κ2) is 9.03. The predicted molar refractivity (Wildman–Crippen MR) is 55.1 cm³/mol. The van der Waals surface area contributed by atoms with Gasteiger partial charge in [0, 0.05) is 0 Å². The van der Waals surface area contributed by atoms with E-state index in [1.54, 1.807) is 0 Å². The molecule has 0 aromatic heterocycles. The Labute approximate surface area is 119 Å². The van der Waals surface area contributed by atoms with Crippen LogP contribution in [0.15, 0.2) is 21.6 Å². The van der Waals surface area contributed by atoms with E-state index in [2.05, 4.69) is 52.6 Å². The molecule has 1 aliphatic carbocycles. The minimum Gasteiger partial charge on any atom is -1.00 e. The van der Waals surface area contributed by atoms with Crippen molar-refractivity contribution in [3.05, 3.63) is 21.6 Å². The molecule has 0 heterocycles. The maximum Gasteiger partial charge on any atom is -1.00 e. The summed E-state index contributed by atoms with van der Waals surface area (Å²) in [6.45, 7) is 7.62. The van der Waals surface area contributed by atoms with E-state index in [1.807, 2.05) is 0 Å². The Morgan fingerprint density at radius 1 is 1.47 bits per heavy atom. The fourth-order valence-corrected chi connectivity index (χ4v) is 4.01. The molecule has 0 aliphatic heterocycles. The van der Waals surface area contributed by atoms with E-state index in [0.29, 0.717) is 5.73 Å². The molecule has 85 valence electrons. The average Bonchev–Trinajstić information content (AvgIpc) is 2.47. The van der Waals surface area contributed by atoms with Gasteiger partial charge in [0.25, 0.3) is 0 Å². The molecule has 1 atom stereocenters. The van der Waals surface area contributed by atoms with Crippen LogP contribution >= 0.6 is 0 Å². The van der Waals surface area contributed by atoms with E-state index < -0.39 is 8.80 Å². The fourth-order valence-electron chi connectivity index (χ4n) is 1.61. The maximum absolute atomic E-state index is 5.81. The van der Waals surface area contributed by atoms with Gasteiger partial charge in [0.15, 0.2) is 0 Å². The standard InChI is InChI=1S/C10H17OSi.2ClH.Ti/c1-4-11-10(12(2)3)9-7-5-6-8-9;;;/h5,7,10,12H,4,6H2,1-3H3;2*1H;/q;;;+2/p-2. The summed E-state index contributed by atoms with van der Waals surface area (Å²) in [5, 5.41) is 0. The minimum atomic E-state index is -0.726. The number of hydrogen-bond acceptors (Lipinski definition) is 1. The largest absolute Gasteiger partial charge is 1.00 e. The van der Waals surface area contributed by atoms with Gasteiger partial charge in [0.05, 0.1) is 0 Å². The van der Waals surface area contributed by atoms with Crippen molar-refractivity contribution in [3.8, 4) is 0 Å². The third-order valence-corrected chi connectivity index (χ3v) is 4.76. The average molecular weight is 300 g/mol. The molecule has 1 aliphatic rings. The summed E-state index contributed by atoms with van der Waals surface area (Å²) in [5.41, 5.74) is 1.90. The van der Waals surface area contributed by atoms with Gasteiger partial charge >= 0.3 is 94.3 Å². The Morgan fingerprint density at radius 2 is 2.07 bits per heavy atom. The van der Waals surface area contributed by atoms with Crippen molar-refractivity contribution in [1.29, 1.82) is 0 Å². The van der Waals surface area contributed by atoms with E-state index in [1.165, 1.54) is 9.45 Å². The van der Waals surface area contributed by atoms with Gasteiger partial charge in [0.2, 0.25) is 0 Å². The summed E-state index contributed by atoms with van der Waals surface area (Å²) in [6, 6.07) is 0. The van der Waals surface area contributed by atoms with Crippen LogP contribution in [0, 0.1) is 0 Å². The van der Waals surface area contributed by atoms with Crippen molar-refractivity contribution in [2.24, 2.45) is 0 Å². The Hall–Kier alpha value is 0.951. The second-order valence-electron chi connectivity index (χ2n) is 3.66. The molecule has 0 N–H and O–H groups in total. The molecule has 0 aromatic carbocycles. The monoisotopic (exact) mass is 299 g/mol. The molecule has 0 fully saturated rings. The molecule has 1 nitrogen and oxygen atoms in total. The number of halogens is 2. The third kappa shape index (κ3) is 5.20. The second-order valence-corrected chi connectivity index (χ2v) is 7.70. The Kier molecular flexibility index (Phi) is 11.0. The van der Waals surface area contributed by atoms with E-state index in [0.717, 1.165) is 13.0 Å². The van der Waals surface area contributed by atoms with Gasteiger partial charge in [0.1, 0.15) is 0 Å². The molecule has 0 amide bonds. The van der Waals surface area contributed by atoms with Crippen molar-refractivity contribution in [1.82, 2.24) is 0 Å². The van der Waals surface area contributed by atoms with Gasteiger partial charge in [-0.25, -0.2) is 0 Å². The molecular weight excluding hydrogens is 283 g/mol. The zero-order chi connectivity index (χ0) is 9.84. The van der Waals surface area contributed by atoms with Crippen molar-refractivity contribution in [2.75, 3.05) is 6.61 Å². The Balaban J connectivity index is 0. The first-order chi connectivity index (χ1) is 6.16. The van der Waals surface area contributed by atoms with Crippen LogP contribution in [-0.4, -0.2) is 21.1 Å². The van der Waals surface area contributed by atoms with Crippen LogP contribution in [0.5, 0.6) is 0 Å². The van der Waals surface area contributed by atoms with Gasteiger partial charge in [-0.1, -0.05) is 0 Å². The van der Waals surface area contributed by atoms with Crippen LogP contribution in [0.2, 0.25) is 13.1 Å². The molecule has 0 aromatic rings. The van der Waals surface area contributed by atoms with Gasteiger partial charge < -0.3 is 24.8 Å². The molecule has 0 saturated heterocycles. The van der Waals surface area contributed by atoms with E-state index in [9.17, 15) is 0 Å². The molecule has 15 heavy (non-hydrogen) atoms. The van der Waals surface area contributed by atoms with Crippen LogP contribution < -0.4 is 24.8 Å². The van der Waals surface area contributed by atoms with Gasteiger partial charge in [-0.3, -0.25) is 0 Å². The molecule has 1 rings (SSSR count). The normalized spacial score (nSPS) is 16.4. The summed E-state index contributed by atoms with van der Waals surface area (Å²) in [7, 11) is -0.726. The zero-order valence-corrected chi connectivity index (χ0v) is 13.6. The van der Waals surface area contributed by atoms with Crippen molar-refractivity contribution in [3.63, 3.8) is 0 Å². The summed E-state index contributed by atoms with van der Waals surface area (Å²) < 4.78 is 7.31. The van der Waals surface area contributed by atoms with E-state index >= 15 is 0 Å². The van der Waals surface area contributed by atoms with Crippen LogP contribution in [0.3, 0.4) is 0 Å². The predicted octanol–water partition coefficient (Wildman–Crippen LogP) is -3.81. The van der Waals surface area contributed by atoms with Crippen molar-refractivity contribution < 1.29 is 50.0 Å². The van der Waals surface area contributed by atoms with Crippen LogP contribution in [-0.2, 0) is 25.2 Å². The van der Waals surface area contributed by atoms with Crippen LogP contribution in [0.4, 0.5) is 0 Å². The number of rotatable bonds is 4. The smallest absolute Gasteiger partial charge is 1.00 e. The zero-order valence-electron chi connectivity index (χ0n) is 9.39. The maximum atomic E-state index is 5.81. The Morgan fingerprint density at radius 3 is 2.40 bits per heavy atom. The summed E-state index contributed by atoms with van der Waals surface area (Å²) in [4.78, 5) is 0. The van der Waals surface area contributed by atoms with Gasteiger partial charge in [-0.05, 0) is 0 Å². The quantitative estimate of drug-likeness (QED) is 0.484. The third-order valence-electron chi connectivity index (χ3n) is 2.23. The SMILES string of the molecule is CCOC(C1=[C]([Ti+2])CC=C1)[SiH](C)C.[Cl-].[Cl-]. The summed E-state index contributed by atoms with van der Waals surface area (Å²) >= 11 is 2.22. The molecule has 0 spiro atoms. The molecular formula is C10H17Cl2OSiTi.